The van der Waals surface area contributed by atoms with Crippen LogP contribution in [0.2, 0.25) is 0 Å². The Morgan fingerprint density at radius 3 is 2.36 bits per heavy atom. The highest BCUT2D eigenvalue weighted by atomic mass is 14.9. The molecular weight excluding hydrogens is 136 g/mol. The van der Waals surface area contributed by atoms with Crippen LogP contribution in [0.3, 0.4) is 0 Å². The van der Waals surface area contributed by atoms with Crippen LogP contribution in [0.25, 0.3) is 0 Å². The summed E-state index contributed by atoms with van der Waals surface area (Å²) >= 11 is 0. The molecule has 1 saturated carbocycles. The van der Waals surface area contributed by atoms with Gasteiger partial charge in [-0.25, -0.2) is 0 Å². The van der Waals surface area contributed by atoms with Crippen molar-refractivity contribution in [1.82, 2.24) is 5.32 Å². The molecule has 3 N–H and O–H groups in total. The normalized spacial score (nSPS) is 32.2. The van der Waals surface area contributed by atoms with E-state index < -0.39 is 0 Å². The molecule has 0 saturated heterocycles. The summed E-state index contributed by atoms with van der Waals surface area (Å²) in [6.45, 7) is 0.870. The molecule has 0 aromatic heterocycles. The van der Waals surface area contributed by atoms with Gasteiger partial charge in [-0.2, -0.15) is 0 Å². The average molecular weight is 156 g/mol. The van der Waals surface area contributed by atoms with Gasteiger partial charge in [0.15, 0.2) is 0 Å². The van der Waals surface area contributed by atoms with Crippen molar-refractivity contribution in [1.29, 1.82) is 0 Å². The minimum Gasteiger partial charge on any atom is -0.330 e. The second-order valence-electron chi connectivity index (χ2n) is 3.58. The summed E-state index contributed by atoms with van der Waals surface area (Å²) in [7, 11) is 2.06. The van der Waals surface area contributed by atoms with Gasteiger partial charge in [-0.1, -0.05) is 0 Å². The Bertz CT molecular complexity index is 95.7. The number of nitrogens with two attached hydrogens (primary N) is 1. The first-order valence-electron chi connectivity index (χ1n) is 4.74. The second-order valence-corrected chi connectivity index (χ2v) is 3.58. The van der Waals surface area contributed by atoms with E-state index >= 15 is 0 Å². The molecule has 1 aliphatic rings. The lowest BCUT2D eigenvalue weighted by molar-refractivity contribution is 0.291. The van der Waals surface area contributed by atoms with Crippen LogP contribution in [0.5, 0.6) is 0 Å². The Hall–Kier alpha value is -0.0800. The minimum absolute atomic E-state index is 0.782. The fraction of sp³-hybridized carbons (Fsp3) is 1.00. The van der Waals surface area contributed by atoms with Crippen LogP contribution in [-0.4, -0.2) is 19.6 Å². The molecule has 0 radical (unpaired) electrons. The maximum atomic E-state index is 5.51. The predicted molar refractivity (Wildman–Crippen MR) is 48.5 cm³/mol. The van der Waals surface area contributed by atoms with Crippen molar-refractivity contribution in [2.45, 2.75) is 38.1 Å². The summed E-state index contributed by atoms with van der Waals surface area (Å²) in [6, 6.07) is 0.782. The van der Waals surface area contributed by atoms with Gasteiger partial charge in [-0.3, -0.25) is 0 Å². The van der Waals surface area contributed by atoms with Gasteiger partial charge in [-0.05, 0) is 51.6 Å². The van der Waals surface area contributed by atoms with E-state index in [4.69, 9.17) is 5.73 Å². The molecule has 0 aromatic rings. The Labute approximate surface area is 69.5 Å². The van der Waals surface area contributed by atoms with Crippen molar-refractivity contribution >= 4 is 0 Å². The third-order valence-electron chi connectivity index (χ3n) is 2.83. The van der Waals surface area contributed by atoms with Crippen LogP contribution < -0.4 is 11.1 Å². The van der Waals surface area contributed by atoms with Crippen LogP contribution in [0.1, 0.15) is 32.1 Å². The Morgan fingerprint density at radius 1 is 1.27 bits per heavy atom. The first kappa shape index (κ1) is 9.01. The standard InChI is InChI=1S/C9H20N2/c1-11-9-4-2-8(3-5-9)6-7-10/h8-9,11H,2-7,10H2,1H3. The summed E-state index contributed by atoms with van der Waals surface area (Å²) in [6.07, 6.45) is 6.68. The van der Waals surface area contributed by atoms with Crippen molar-refractivity contribution in [3.05, 3.63) is 0 Å². The lowest BCUT2D eigenvalue weighted by atomic mass is 9.84. The third-order valence-corrected chi connectivity index (χ3v) is 2.83. The zero-order valence-electron chi connectivity index (χ0n) is 7.47. The smallest absolute Gasteiger partial charge is 0.00642 e. The van der Waals surface area contributed by atoms with Crippen LogP contribution >= 0.6 is 0 Å². The fourth-order valence-corrected chi connectivity index (χ4v) is 1.98. The van der Waals surface area contributed by atoms with E-state index in [0.29, 0.717) is 0 Å². The highest BCUT2D eigenvalue weighted by Gasteiger charge is 2.18. The zero-order chi connectivity index (χ0) is 8.10. The maximum Gasteiger partial charge on any atom is 0.00642 e. The first-order valence-corrected chi connectivity index (χ1v) is 4.74. The van der Waals surface area contributed by atoms with Gasteiger partial charge >= 0.3 is 0 Å². The zero-order valence-corrected chi connectivity index (χ0v) is 7.47. The lowest BCUT2D eigenvalue weighted by Crippen LogP contribution is -2.30. The molecule has 1 rings (SSSR count). The maximum absolute atomic E-state index is 5.51. The van der Waals surface area contributed by atoms with Crippen LogP contribution in [-0.2, 0) is 0 Å². The molecule has 0 bridgehead atoms. The third kappa shape index (κ3) is 2.80. The van der Waals surface area contributed by atoms with Gasteiger partial charge in [0, 0.05) is 6.04 Å². The average Bonchev–Trinajstić information content (AvgIpc) is 2.07. The van der Waals surface area contributed by atoms with Crippen LogP contribution in [0, 0.1) is 5.92 Å². The largest absolute Gasteiger partial charge is 0.330 e. The molecule has 0 atom stereocenters. The van der Waals surface area contributed by atoms with E-state index in [1.807, 2.05) is 0 Å². The van der Waals surface area contributed by atoms with E-state index in [1.165, 1.54) is 32.1 Å². The van der Waals surface area contributed by atoms with Gasteiger partial charge in [-0.15, -0.1) is 0 Å². The topological polar surface area (TPSA) is 38.0 Å². The Kier molecular flexibility index (Phi) is 3.87. The van der Waals surface area contributed by atoms with E-state index in [1.54, 1.807) is 0 Å². The number of hydrogen-bond acceptors (Lipinski definition) is 2. The summed E-state index contributed by atoms with van der Waals surface area (Å²) < 4.78 is 0. The van der Waals surface area contributed by atoms with Crippen LogP contribution in [0.15, 0.2) is 0 Å². The fourth-order valence-electron chi connectivity index (χ4n) is 1.98. The van der Waals surface area contributed by atoms with Gasteiger partial charge in [0.2, 0.25) is 0 Å². The molecule has 0 aliphatic heterocycles. The molecule has 0 spiro atoms. The van der Waals surface area contributed by atoms with Gasteiger partial charge in [0.05, 0.1) is 0 Å². The molecule has 0 amide bonds. The summed E-state index contributed by atoms with van der Waals surface area (Å²) in [5.41, 5.74) is 5.51. The SMILES string of the molecule is CNC1CCC(CCN)CC1. The Balaban J connectivity index is 2.14. The van der Waals surface area contributed by atoms with Gasteiger partial charge in [0.1, 0.15) is 0 Å². The van der Waals surface area contributed by atoms with E-state index in [0.717, 1.165) is 18.5 Å². The molecule has 2 nitrogen and oxygen atoms in total. The van der Waals surface area contributed by atoms with Crippen molar-refractivity contribution in [2.24, 2.45) is 11.7 Å². The van der Waals surface area contributed by atoms with Crippen LogP contribution in [0.4, 0.5) is 0 Å². The van der Waals surface area contributed by atoms with Gasteiger partial charge in [0.25, 0.3) is 0 Å². The molecule has 0 unspecified atom stereocenters. The van der Waals surface area contributed by atoms with Crippen molar-refractivity contribution in [3.8, 4) is 0 Å². The molecule has 66 valence electrons. The quantitative estimate of drug-likeness (QED) is 0.642. The molecule has 0 aromatic carbocycles. The highest BCUT2D eigenvalue weighted by molar-refractivity contribution is 4.75. The van der Waals surface area contributed by atoms with Crippen molar-refractivity contribution in [3.63, 3.8) is 0 Å². The second kappa shape index (κ2) is 4.73. The first-order chi connectivity index (χ1) is 5.36. The lowest BCUT2D eigenvalue weighted by Gasteiger charge is -2.27. The van der Waals surface area contributed by atoms with E-state index in [-0.39, 0.29) is 0 Å². The Morgan fingerprint density at radius 2 is 1.91 bits per heavy atom. The number of rotatable bonds is 3. The molecule has 11 heavy (non-hydrogen) atoms. The monoisotopic (exact) mass is 156 g/mol. The number of nitrogens with one attached hydrogen (secondary N) is 1. The summed E-state index contributed by atoms with van der Waals surface area (Å²) in [5.74, 6) is 0.921. The molecule has 2 heteroatoms. The molecular formula is C9H20N2. The molecule has 0 heterocycles. The summed E-state index contributed by atoms with van der Waals surface area (Å²) in [4.78, 5) is 0. The van der Waals surface area contributed by atoms with Gasteiger partial charge < -0.3 is 11.1 Å². The van der Waals surface area contributed by atoms with E-state index in [9.17, 15) is 0 Å². The molecule has 1 aliphatic carbocycles. The van der Waals surface area contributed by atoms with Crippen molar-refractivity contribution in [2.75, 3.05) is 13.6 Å². The van der Waals surface area contributed by atoms with E-state index in [2.05, 4.69) is 12.4 Å². The summed E-state index contributed by atoms with van der Waals surface area (Å²) in [5, 5.41) is 3.34. The number of hydrogen-bond donors (Lipinski definition) is 2. The predicted octanol–water partition coefficient (Wildman–Crippen LogP) is 1.11. The van der Waals surface area contributed by atoms with Crippen molar-refractivity contribution < 1.29 is 0 Å². The molecule has 1 fully saturated rings. The minimum atomic E-state index is 0.782. The highest BCUT2D eigenvalue weighted by Crippen LogP contribution is 2.25.